The molecule has 0 bridgehead atoms. The first-order valence-corrected chi connectivity index (χ1v) is 10.2. The molecular formula is C17H19FN4O4S. The Morgan fingerprint density at radius 1 is 1.26 bits per heavy atom. The molecule has 3 rings (SSSR count). The molecule has 10 heteroatoms. The van der Waals surface area contributed by atoms with Gasteiger partial charge in [-0.1, -0.05) is 0 Å². The summed E-state index contributed by atoms with van der Waals surface area (Å²) in [7, 11) is -3.48. The molecule has 1 N–H and O–H groups in total. The highest BCUT2D eigenvalue weighted by atomic mass is 32.2. The number of amides is 1. The van der Waals surface area contributed by atoms with Crippen molar-refractivity contribution >= 4 is 27.8 Å². The number of likely N-dealkylation sites (tertiary alicyclic amines) is 1. The number of piperidine rings is 1. The molecule has 0 saturated carbocycles. The first-order chi connectivity index (χ1) is 12.8. The van der Waals surface area contributed by atoms with Crippen LogP contribution in [0.15, 0.2) is 35.5 Å². The number of halogens is 1. The number of rotatable bonds is 6. The highest BCUT2D eigenvalue weighted by molar-refractivity contribution is 7.90. The molecule has 0 unspecified atom stereocenters. The number of anilines is 2. The van der Waals surface area contributed by atoms with Gasteiger partial charge in [-0.25, -0.2) is 22.8 Å². The van der Waals surface area contributed by atoms with E-state index in [9.17, 15) is 17.6 Å². The number of nitrogens with zero attached hydrogens (tertiary/aromatic N) is 3. The van der Waals surface area contributed by atoms with Crippen molar-refractivity contribution < 1.29 is 22.3 Å². The fourth-order valence-electron chi connectivity index (χ4n) is 2.71. The highest BCUT2D eigenvalue weighted by Crippen LogP contribution is 2.24. The predicted molar refractivity (Wildman–Crippen MR) is 96.1 cm³/mol. The smallest absolute Gasteiger partial charge is 0.218 e. The molecule has 8 nitrogen and oxygen atoms in total. The second-order valence-corrected chi connectivity index (χ2v) is 8.25. The average molecular weight is 394 g/mol. The Morgan fingerprint density at radius 2 is 2.00 bits per heavy atom. The first kappa shape index (κ1) is 19.0. The van der Waals surface area contributed by atoms with Gasteiger partial charge in [-0.05, 0) is 18.2 Å². The molecule has 0 atom stereocenters. The van der Waals surface area contributed by atoms with Gasteiger partial charge in [-0.2, -0.15) is 0 Å². The van der Waals surface area contributed by atoms with Gasteiger partial charge in [0, 0.05) is 38.3 Å². The highest BCUT2D eigenvalue weighted by Gasteiger charge is 2.20. The molecule has 2 heterocycles. The summed E-state index contributed by atoms with van der Waals surface area (Å²) < 4.78 is 43.0. The van der Waals surface area contributed by atoms with Crippen molar-refractivity contribution in [3.63, 3.8) is 0 Å². The molecule has 2 aromatic rings. The number of carbonyl (C=O) groups excluding carboxylic acids is 1. The van der Waals surface area contributed by atoms with E-state index >= 15 is 0 Å². The Kier molecular flexibility index (Phi) is 5.54. The second-order valence-electron chi connectivity index (χ2n) is 6.24. The first-order valence-electron chi connectivity index (χ1n) is 8.30. The number of hydrogen-bond donors (Lipinski definition) is 1. The normalized spacial score (nSPS) is 15.4. The summed E-state index contributed by atoms with van der Waals surface area (Å²) in [5, 5.41) is 2.79. The van der Waals surface area contributed by atoms with E-state index in [1.54, 1.807) is 4.90 Å². The Morgan fingerprint density at radius 3 is 2.63 bits per heavy atom. The monoisotopic (exact) mass is 394 g/mol. The number of nitrogens with one attached hydrogen (secondary N) is 1. The summed E-state index contributed by atoms with van der Waals surface area (Å²) in [6, 6.07) is 5.15. The summed E-state index contributed by atoms with van der Waals surface area (Å²) >= 11 is 0. The van der Waals surface area contributed by atoms with Crippen LogP contribution in [0.25, 0.3) is 0 Å². The van der Waals surface area contributed by atoms with Gasteiger partial charge in [-0.15, -0.1) is 0 Å². The van der Waals surface area contributed by atoms with E-state index in [0.29, 0.717) is 37.6 Å². The van der Waals surface area contributed by atoms with Crippen molar-refractivity contribution in [3.05, 3.63) is 36.4 Å². The van der Waals surface area contributed by atoms with E-state index < -0.39 is 15.7 Å². The Balaban J connectivity index is 1.68. The zero-order chi connectivity index (χ0) is 19.4. The number of hydrogen-bond acceptors (Lipinski definition) is 7. The lowest BCUT2D eigenvalue weighted by molar-refractivity contribution is -0.119. The lowest BCUT2D eigenvalue weighted by atomic mass is 10.1. The molecule has 1 aromatic carbocycles. The standard InChI is InChI=1S/C17H19FN4O4S/c1-27(24,25)13-2-3-15(14(18)8-13)21-16-9-17(20-10-19-16)26-12-4-6-22(11-23)7-5-12/h2-3,8-12H,4-7H2,1H3,(H,19,20,21). The minimum Gasteiger partial charge on any atom is -0.474 e. The Labute approximate surface area is 156 Å². The van der Waals surface area contributed by atoms with Gasteiger partial charge in [0.05, 0.1) is 10.6 Å². The van der Waals surface area contributed by atoms with Crippen molar-refractivity contribution in [1.29, 1.82) is 0 Å². The predicted octanol–water partition coefficient (Wildman–Crippen LogP) is 1.76. The van der Waals surface area contributed by atoms with Gasteiger partial charge in [0.25, 0.3) is 0 Å². The maximum atomic E-state index is 14.2. The van der Waals surface area contributed by atoms with Gasteiger partial charge in [0.15, 0.2) is 9.84 Å². The van der Waals surface area contributed by atoms with E-state index in [1.165, 1.54) is 24.5 Å². The second kappa shape index (κ2) is 7.87. The molecule has 1 aliphatic heterocycles. The SMILES string of the molecule is CS(=O)(=O)c1ccc(Nc2cc(OC3CCN(C=O)CC3)ncn2)c(F)c1. The number of benzene rings is 1. The van der Waals surface area contributed by atoms with Crippen LogP contribution in [0.1, 0.15) is 12.8 Å². The maximum absolute atomic E-state index is 14.2. The van der Waals surface area contributed by atoms with Crippen LogP contribution >= 0.6 is 0 Å². The number of carbonyl (C=O) groups is 1. The van der Waals surface area contributed by atoms with Gasteiger partial charge in [0.2, 0.25) is 12.3 Å². The molecule has 0 spiro atoms. The fraction of sp³-hybridized carbons (Fsp3) is 0.353. The third-order valence-corrected chi connectivity index (χ3v) is 5.30. The van der Waals surface area contributed by atoms with E-state index in [-0.39, 0.29) is 16.7 Å². The Bertz CT molecular complexity index is 930. The third kappa shape index (κ3) is 4.91. The fourth-order valence-corrected chi connectivity index (χ4v) is 3.34. The zero-order valence-electron chi connectivity index (χ0n) is 14.6. The zero-order valence-corrected chi connectivity index (χ0v) is 15.4. The van der Waals surface area contributed by atoms with E-state index in [2.05, 4.69) is 15.3 Å². The molecule has 1 saturated heterocycles. The van der Waals surface area contributed by atoms with Crippen LogP contribution < -0.4 is 10.1 Å². The van der Waals surface area contributed by atoms with E-state index in [4.69, 9.17) is 4.74 Å². The quantitative estimate of drug-likeness (QED) is 0.745. The molecule has 27 heavy (non-hydrogen) atoms. The summed E-state index contributed by atoms with van der Waals surface area (Å²) in [6.45, 7) is 1.25. The third-order valence-electron chi connectivity index (χ3n) is 4.19. The van der Waals surface area contributed by atoms with Crippen LogP contribution in [0.5, 0.6) is 5.88 Å². The molecule has 144 valence electrons. The van der Waals surface area contributed by atoms with Crippen LogP contribution in [0, 0.1) is 5.82 Å². The molecule has 1 amide bonds. The van der Waals surface area contributed by atoms with Crippen LogP contribution in [0.2, 0.25) is 0 Å². The number of sulfone groups is 1. The summed E-state index contributed by atoms with van der Waals surface area (Å²) in [6.07, 6.45) is 4.48. The molecule has 0 radical (unpaired) electrons. The number of aromatic nitrogens is 2. The van der Waals surface area contributed by atoms with Crippen LogP contribution in [-0.4, -0.2) is 55.1 Å². The Hall–Kier alpha value is -2.75. The van der Waals surface area contributed by atoms with Crippen molar-refractivity contribution in [2.75, 3.05) is 24.7 Å². The molecule has 1 aromatic heterocycles. The van der Waals surface area contributed by atoms with Gasteiger partial charge >= 0.3 is 0 Å². The molecule has 1 aliphatic rings. The van der Waals surface area contributed by atoms with E-state index in [1.807, 2.05) is 0 Å². The molecule has 1 fully saturated rings. The maximum Gasteiger partial charge on any atom is 0.218 e. The van der Waals surface area contributed by atoms with Gasteiger partial charge < -0.3 is 15.0 Å². The van der Waals surface area contributed by atoms with Gasteiger partial charge in [-0.3, -0.25) is 4.79 Å². The largest absolute Gasteiger partial charge is 0.474 e. The van der Waals surface area contributed by atoms with Gasteiger partial charge in [0.1, 0.15) is 24.1 Å². The van der Waals surface area contributed by atoms with Crippen LogP contribution in [-0.2, 0) is 14.6 Å². The van der Waals surface area contributed by atoms with Crippen molar-refractivity contribution in [1.82, 2.24) is 14.9 Å². The lowest BCUT2D eigenvalue weighted by Crippen LogP contribution is -2.37. The van der Waals surface area contributed by atoms with Crippen LogP contribution in [0.4, 0.5) is 15.9 Å². The molecular weight excluding hydrogens is 375 g/mol. The van der Waals surface area contributed by atoms with Crippen molar-refractivity contribution in [3.8, 4) is 5.88 Å². The minimum atomic E-state index is -3.48. The average Bonchev–Trinajstić information content (AvgIpc) is 2.63. The van der Waals surface area contributed by atoms with Crippen molar-refractivity contribution in [2.45, 2.75) is 23.8 Å². The van der Waals surface area contributed by atoms with Crippen LogP contribution in [0.3, 0.4) is 0 Å². The number of ether oxygens (including phenoxy) is 1. The lowest BCUT2D eigenvalue weighted by Gasteiger charge is -2.29. The van der Waals surface area contributed by atoms with Crippen molar-refractivity contribution in [2.24, 2.45) is 0 Å². The topological polar surface area (TPSA) is 101 Å². The van der Waals surface area contributed by atoms with E-state index in [0.717, 1.165) is 18.7 Å². The summed E-state index contributed by atoms with van der Waals surface area (Å²) in [5.74, 6) is -0.0539. The summed E-state index contributed by atoms with van der Waals surface area (Å²) in [5.41, 5.74) is 0.0892. The summed E-state index contributed by atoms with van der Waals surface area (Å²) in [4.78, 5) is 20.4. The molecule has 0 aliphatic carbocycles. The minimum absolute atomic E-state index is 0.0604.